The molecular formula is C10H20ClN3O. The highest BCUT2D eigenvalue weighted by Gasteiger charge is 2.37. The molecule has 2 rings (SSSR count). The highest BCUT2D eigenvalue weighted by Crippen LogP contribution is 2.25. The number of amides is 2. The molecule has 15 heavy (non-hydrogen) atoms. The largest absolute Gasteiger partial charge is 0.336 e. The van der Waals surface area contributed by atoms with Crippen LogP contribution >= 0.6 is 12.4 Å². The molecule has 0 aromatic carbocycles. The Morgan fingerprint density at radius 2 is 1.87 bits per heavy atom. The second kappa shape index (κ2) is 5.03. The smallest absolute Gasteiger partial charge is 0.317 e. The number of carbonyl (C=O) groups excluding carboxylic acids is 1. The van der Waals surface area contributed by atoms with Crippen LogP contribution < -0.4 is 10.6 Å². The summed E-state index contributed by atoms with van der Waals surface area (Å²) >= 11 is 0. The number of halogens is 1. The molecule has 2 saturated heterocycles. The Morgan fingerprint density at radius 1 is 1.33 bits per heavy atom. The number of likely N-dealkylation sites (tertiary alicyclic amines) is 1. The number of hydrogen-bond donors (Lipinski definition) is 2. The molecule has 2 heterocycles. The van der Waals surface area contributed by atoms with E-state index in [-0.39, 0.29) is 24.5 Å². The first-order valence-electron chi connectivity index (χ1n) is 5.43. The van der Waals surface area contributed by atoms with Crippen molar-refractivity contribution >= 4 is 18.4 Å². The Hall–Kier alpha value is -0.480. The Balaban J connectivity index is 0.00000112. The fourth-order valence-electron chi connectivity index (χ4n) is 2.36. The molecular weight excluding hydrogens is 214 g/mol. The van der Waals surface area contributed by atoms with E-state index in [0.717, 1.165) is 26.2 Å². The summed E-state index contributed by atoms with van der Waals surface area (Å²) < 4.78 is 0. The molecule has 0 spiro atoms. The first-order chi connectivity index (χ1) is 6.66. The quantitative estimate of drug-likeness (QED) is 0.700. The van der Waals surface area contributed by atoms with E-state index in [1.54, 1.807) is 0 Å². The maximum atomic E-state index is 11.7. The average molecular weight is 234 g/mol. The third-order valence-corrected chi connectivity index (χ3v) is 3.09. The van der Waals surface area contributed by atoms with E-state index in [1.165, 1.54) is 0 Å². The summed E-state index contributed by atoms with van der Waals surface area (Å²) in [7, 11) is 0. The van der Waals surface area contributed by atoms with Crippen LogP contribution in [-0.4, -0.2) is 43.2 Å². The van der Waals surface area contributed by atoms with Crippen LogP contribution in [-0.2, 0) is 0 Å². The Labute approximate surface area is 97.2 Å². The Morgan fingerprint density at radius 3 is 2.33 bits per heavy atom. The molecule has 2 N–H and O–H groups in total. The fourth-order valence-corrected chi connectivity index (χ4v) is 2.36. The van der Waals surface area contributed by atoms with E-state index in [4.69, 9.17) is 0 Å². The predicted molar refractivity (Wildman–Crippen MR) is 62.3 cm³/mol. The highest BCUT2D eigenvalue weighted by molar-refractivity contribution is 5.85. The minimum atomic E-state index is 0. The maximum Gasteiger partial charge on any atom is 0.317 e. The van der Waals surface area contributed by atoms with Crippen molar-refractivity contribution in [3.8, 4) is 0 Å². The van der Waals surface area contributed by atoms with Gasteiger partial charge in [-0.3, -0.25) is 0 Å². The molecule has 2 amide bonds. The molecule has 0 saturated carbocycles. The lowest BCUT2D eigenvalue weighted by Crippen LogP contribution is -2.42. The van der Waals surface area contributed by atoms with Gasteiger partial charge < -0.3 is 15.5 Å². The topological polar surface area (TPSA) is 44.4 Å². The van der Waals surface area contributed by atoms with Crippen molar-refractivity contribution in [2.75, 3.05) is 26.2 Å². The molecule has 2 fully saturated rings. The number of rotatable bonds is 1. The van der Waals surface area contributed by atoms with Gasteiger partial charge in [-0.1, -0.05) is 0 Å². The molecule has 0 bridgehead atoms. The van der Waals surface area contributed by atoms with Gasteiger partial charge in [0, 0.05) is 32.2 Å². The standard InChI is InChI=1S/C10H19N3O.ClH/c1-7(2)12-10(14)13-5-8-3-11-4-9(8)6-13;/h7-9,11H,3-6H2,1-2H3,(H,12,14);1H. The fraction of sp³-hybridized carbons (Fsp3) is 0.900. The van der Waals surface area contributed by atoms with Gasteiger partial charge in [-0.15, -0.1) is 12.4 Å². The molecule has 2 aliphatic heterocycles. The average Bonchev–Trinajstić information content (AvgIpc) is 2.58. The number of fused-ring (bicyclic) bond motifs is 1. The lowest BCUT2D eigenvalue weighted by Gasteiger charge is -2.19. The van der Waals surface area contributed by atoms with Crippen LogP contribution in [0.1, 0.15) is 13.8 Å². The van der Waals surface area contributed by atoms with Crippen LogP contribution in [0.25, 0.3) is 0 Å². The molecule has 4 nitrogen and oxygen atoms in total. The first-order valence-corrected chi connectivity index (χ1v) is 5.43. The van der Waals surface area contributed by atoms with Gasteiger partial charge in [0.15, 0.2) is 0 Å². The van der Waals surface area contributed by atoms with Crippen LogP contribution in [0.2, 0.25) is 0 Å². The van der Waals surface area contributed by atoms with E-state index >= 15 is 0 Å². The van der Waals surface area contributed by atoms with Gasteiger partial charge in [0.05, 0.1) is 0 Å². The van der Waals surface area contributed by atoms with Crippen molar-refractivity contribution in [2.45, 2.75) is 19.9 Å². The molecule has 88 valence electrons. The van der Waals surface area contributed by atoms with Crippen LogP contribution in [0.5, 0.6) is 0 Å². The third-order valence-electron chi connectivity index (χ3n) is 3.09. The summed E-state index contributed by atoms with van der Waals surface area (Å²) in [5, 5.41) is 6.31. The van der Waals surface area contributed by atoms with Crippen LogP contribution in [0.4, 0.5) is 4.79 Å². The van der Waals surface area contributed by atoms with Crippen LogP contribution in [0.15, 0.2) is 0 Å². The van der Waals surface area contributed by atoms with E-state index < -0.39 is 0 Å². The third kappa shape index (κ3) is 2.75. The summed E-state index contributed by atoms with van der Waals surface area (Å²) in [5.41, 5.74) is 0. The first kappa shape index (κ1) is 12.6. The molecule has 2 atom stereocenters. The van der Waals surface area contributed by atoms with E-state index in [1.807, 2.05) is 18.7 Å². The van der Waals surface area contributed by atoms with Crippen LogP contribution in [0.3, 0.4) is 0 Å². The van der Waals surface area contributed by atoms with Gasteiger partial charge in [-0.05, 0) is 25.7 Å². The van der Waals surface area contributed by atoms with Gasteiger partial charge in [0.1, 0.15) is 0 Å². The second-order valence-corrected chi connectivity index (χ2v) is 4.69. The van der Waals surface area contributed by atoms with E-state index in [2.05, 4.69) is 10.6 Å². The number of nitrogens with zero attached hydrogens (tertiary/aromatic N) is 1. The van der Waals surface area contributed by atoms with Gasteiger partial charge in [0.2, 0.25) is 0 Å². The molecule has 0 aromatic heterocycles. The summed E-state index contributed by atoms with van der Waals surface area (Å²) in [4.78, 5) is 13.6. The van der Waals surface area contributed by atoms with Gasteiger partial charge in [-0.2, -0.15) is 0 Å². The van der Waals surface area contributed by atoms with Crippen molar-refractivity contribution in [3.63, 3.8) is 0 Å². The van der Waals surface area contributed by atoms with Crippen molar-refractivity contribution in [2.24, 2.45) is 11.8 Å². The number of urea groups is 1. The minimum absolute atomic E-state index is 0. The molecule has 2 unspecified atom stereocenters. The molecule has 2 aliphatic rings. The molecule has 5 heteroatoms. The van der Waals surface area contributed by atoms with Crippen molar-refractivity contribution in [1.29, 1.82) is 0 Å². The zero-order chi connectivity index (χ0) is 10.1. The molecule has 0 radical (unpaired) electrons. The van der Waals surface area contributed by atoms with Gasteiger partial charge >= 0.3 is 6.03 Å². The molecule has 0 aromatic rings. The van der Waals surface area contributed by atoms with E-state index in [9.17, 15) is 4.79 Å². The normalized spacial score (nSPS) is 28.9. The zero-order valence-electron chi connectivity index (χ0n) is 9.32. The van der Waals surface area contributed by atoms with Crippen molar-refractivity contribution < 1.29 is 4.79 Å². The minimum Gasteiger partial charge on any atom is -0.336 e. The van der Waals surface area contributed by atoms with Crippen LogP contribution in [0, 0.1) is 11.8 Å². The number of carbonyl (C=O) groups is 1. The number of hydrogen-bond acceptors (Lipinski definition) is 2. The monoisotopic (exact) mass is 233 g/mol. The molecule has 0 aliphatic carbocycles. The zero-order valence-corrected chi connectivity index (χ0v) is 10.1. The predicted octanol–water partition coefficient (Wildman–Crippen LogP) is 0.677. The SMILES string of the molecule is CC(C)NC(=O)N1CC2CNCC2C1.Cl. The Bertz CT molecular complexity index is 223. The summed E-state index contributed by atoms with van der Waals surface area (Å²) in [5.74, 6) is 1.38. The summed E-state index contributed by atoms with van der Waals surface area (Å²) in [6.45, 7) is 8.01. The summed E-state index contributed by atoms with van der Waals surface area (Å²) in [6.07, 6.45) is 0. The lowest BCUT2D eigenvalue weighted by atomic mass is 10.0. The maximum absolute atomic E-state index is 11.7. The Kier molecular flexibility index (Phi) is 4.22. The van der Waals surface area contributed by atoms with E-state index in [0.29, 0.717) is 11.8 Å². The second-order valence-electron chi connectivity index (χ2n) is 4.69. The highest BCUT2D eigenvalue weighted by atomic mass is 35.5. The number of nitrogens with one attached hydrogen (secondary N) is 2. The summed E-state index contributed by atoms with van der Waals surface area (Å²) in [6, 6.07) is 0.343. The van der Waals surface area contributed by atoms with Crippen molar-refractivity contribution in [1.82, 2.24) is 15.5 Å². The van der Waals surface area contributed by atoms with Gasteiger partial charge in [-0.25, -0.2) is 4.79 Å². The van der Waals surface area contributed by atoms with Gasteiger partial charge in [0.25, 0.3) is 0 Å². The lowest BCUT2D eigenvalue weighted by molar-refractivity contribution is 0.203. The van der Waals surface area contributed by atoms with Crippen molar-refractivity contribution in [3.05, 3.63) is 0 Å².